The van der Waals surface area contributed by atoms with Gasteiger partial charge in [-0.1, -0.05) is 0 Å². The van der Waals surface area contributed by atoms with Gasteiger partial charge in [0.2, 0.25) is 11.8 Å². The van der Waals surface area contributed by atoms with Crippen LogP contribution in [0.5, 0.6) is 5.88 Å². The molecular formula is C11H19N5O. The lowest BCUT2D eigenvalue weighted by Crippen LogP contribution is -2.45. The van der Waals surface area contributed by atoms with E-state index in [0.717, 1.165) is 32.7 Å². The van der Waals surface area contributed by atoms with Crippen LogP contribution in [0.2, 0.25) is 0 Å². The molecule has 0 bridgehead atoms. The number of likely N-dealkylation sites (N-methyl/N-ethyl adjacent to an activating group) is 1. The molecule has 6 heteroatoms. The fraction of sp³-hybridized carbons (Fsp3) is 0.636. The van der Waals surface area contributed by atoms with Gasteiger partial charge in [-0.15, -0.1) is 0 Å². The van der Waals surface area contributed by atoms with Gasteiger partial charge in [-0.3, -0.25) is 4.90 Å². The topological polar surface area (TPSA) is 67.5 Å². The predicted octanol–water partition coefficient (Wildman–Crippen LogP) is -0.315. The van der Waals surface area contributed by atoms with E-state index in [1.807, 2.05) is 0 Å². The van der Waals surface area contributed by atoms with E-state index in [9.17, 15) is 0 Å². The number of nitrogen functional groups attached to an aromatic ring is 1. The van der Waals surface area contributed by atoms with Crippen molar-refractivity contribution in [3.63, 3.8) is 0 Å². The lowest BCUT2D eigenvalue weighted by molar-refractivity contribution is 0.132. The fourth-order valence-corrected chi connectivity index (χ4v) is 1.79. The van der Waals surface area contributed by atoms with E-state index in [0.29, 0.717) is 12.5 Å². The molecule has 0 amide bonds. The van der Waals surface area contributed by atoms with Crippen LogP contribution in [0.25, 0.3) is 0 Å². The molecule has 1 aliphatic rings. The van der Waals surface area contributed by atoms with E-state index in [2.05, 4.69) is 26.8 Å². The maximum atomic E-state index is 5.53. The van der Waals surface area contributed by atoms with Crippen molar-refractivity contribution in [2.75, 3.05) is 52.1 Å². The highest BCUT2D eigenvalue weighted by molar-refractivity contribution is 5.20. The monoisotopic (exact) mass is 237 g/mol. The average Bonchev–Trinajstić information content (AvgIpc) is 2.32. The van der Waals surface area contributed by atoms with E-state index >= 15 is 0 Å². The number of aromatic nitrogens is 2. The van der Waals surface area contributed by atoms with Crippen molar-refractivity contribution >= 4 is 5.95 Å². The highest BCUT2D eigenvalue weighted by atomic mass is 16.5. The van der Waals surface area contributed by atoms with E-state index in [1.54, 1.807) is 12.3 Å². The lowest BCUT2D eigenvalue weighted by atomic mass is 10.3. The minimum Gasteiger partial charge on any atom is -0.476 e. The Hall–Kier alpha value is -1.40. The van der Waals surface area contributed by atoms with Crippen LogP contribution in [0, 0.1) is 0 Å². The van der Waals surface area contributed by atoms with Crippen LogP contribution in [-0.2, 0) is 0 Å². The van der Waals surface area contributed by atoms with E-state index < -0.39 is 0 Å². The molecule has 2 heterocycles. The Balaban J connectivity index is 1.69. The van der Waals surface area contributed by atoms with E-state index in [-0.39, 0.29) is 5.95 Å². The quantitative estimate of drug-likeness (QED) is 0.774. The lowest BCUT2D eigenvalue weighted by Gasteiger charge is -2.32. The Labute approximate surface area is 101 Å². The van der Waals surface area contributed by atoms with Crippen molar-refractivity contribution in [2.24, 2.45) is 0 Å². The maximum absolute atomic E-state index is 5.53. The molecule has 1 saturated heterocycles. The normalized spacial score (nSPS) is 18.2. The van der Waals surface area contributed by atoms with Gasteiger partial charge in [0, 0.05) is 45.0 Å². The maximum Gasteiger partial charge on any atom is 0.223 e. The van der Waals surface area contributed by atoms with Gasteiger partial charge in [0.25, 0.3) is 0 Å². The van der Waals surface area contributed by atoms with Gasteiger partial charge < -0.3 is 15.4 Å². The second-order valence-electron chi connectivity index (χ2n) is 4.25. The Kier molecular flexibility index (Phi) is 4.11. The minimum absolute atomic E-state index is 0.252. The van der Waals surface area contributed by atoms with Crippen molar-refractivity contribution in [1.82, 2.24) is 19.8 Å². The molecule has 0 radical (unpaired) electrons. The van der Waals surface area contributed by atoms with Gasteiger partial charge in [0.05, 0.1) is 0 Å². The van der Waals surface area contributed by atoms with Gasteiger partial charge in [0.1, 0.15) is 6.61 Å². The summed E-state index contributed by atoms with van der Waals surface area (Å²) in [5.74, 6) is 0.800. The van der Waals surface area contributed by atoms with E-state index in [1.165, 1.54) is 0 Å². The number of anilines is 1. The Morgan fingerprint density at radius 1 is 1.35 bits per heavy atom. The highest BCUT2D eigenvalue weighted by Crippen LogP contribution is 2.06. The second-order valence-corrected chi connectivity index (χ2v) is 4.25. The molecule has 0 saturated carbocycles. The Morgan fingerprint density at radius 3 is 2.82 bits per heavy atom. The fourth-order valence-electron chi connectivity index (χ4n) is 1.79. The second kappa shape index (κ2) is 5.79. The number of piperazine rings is 1. The Bertz CT molecular complexity index is 351. The molecule has 2 rings (SSSR count). The van der Waals surface area contributed by atoms with Crippen LogP contribution in [0.1, 0.15) is 0 Å². The molecule has 0 spiro atoms. The van der Waals surface area contributed by atoms with Crippen molar-refractivity contribution in [3.05, 3.63) is 12.3 Å². The number of nitrogens with zero attached hydrogens (tertiary/aromatic N) is 4. The SMILES string of the molecule is CN1CCN(CCOc2ccnc(N)n2)CC1. The molecular weight excluding hydrogens is 218 g/mol. The van der Waals surface area contributed by atoms with Crippen molar-refractivity contribution in [1.29, 1.82) is 0 Å². The van der Waals surface area contributed by atoms with Crippen LogP contribution in [0.15, 0.2) is 12.3 Å². The van der Waals surface area contributed by atoms with E-state index in [4.69, 9.17) is 10.5 Å². The Morgan fingerprint density at radius 2 is 2.12 bits per heavy atom. The first-order valence-electron chi connectivity index (χ1n) is 5.86. The van der Waals surface area contributed by atoms with Gasteiger partial charge in [-0.2, -0.15) is 4.98 Å². The first kappa shape index (κ1) is 12.1. The van der Waals surface area contributed by atoms with Gasteiger partial charge in [-0.25, -0.2) is 4.98 Å². The zero-order chi connectivity index (χ0) is 12.1. The van der Waals surface area contributed by atoms with Gasteiger partial charge >= 0.3 is 0 Å². The molecule has 0 unspecified atom stereocenters. The molecule has 94 valence electrons. The summed E-state index contributed by atoms with van der Waals surface area (Å²) in [6, 6.07) is 1.72. The van der Waals surface area contributed by atoms with Crippen LogP contribution in [0.4, 0.5) is 5.95 Å². The molecule has 1 aromatic rings. The molecule has 0 atom stereocenters. The number of hydrogen-bond acceptors (Lipinski definition) is 6. The van der Waals surface area contributed by atoms with Gasteiger partial charge in [0.15, 0.2) is 0 Å². The number of nitrogens with two attached hydrogens (primary N) is 1. The first-order valence-corrected chi connectivity index (χ1v) is 5.86. The standard InChI is InChI=1S/C11H19N5O/c1-15-4-6-16(7-5-15)8-9-17-10-2-3-13-11(12)14-10/h2-3H,4-9H2,1H3,(H2,12,13,14). The largest absolute Gasteiger partial charge is 0.476 e. The smallest absolute Gasteiger partial charge is 0.223 e. The third-order valence-electron chi connectivity index (χ3n) is 2.90. The van der Waals surface area contributed by atoms with Crippen molar-refractivity contribution in [2.45, 2.75) is 0 Å². The third-order valence-corrected chi connectivity index (χ3v) is 2.90. The van der Waals surface area contributed by atoms with Crippen LogP contribution >= 0.6 is 0 Å². The number of hydrogen-bond donors (Lipinski definition) is 1. The highest BCUT2D eigenvalue weighted by Gasteiger charge is 2.13. The molecule has 0 aromatic carbocycles. The molecule has 1 fully saturated rings. The van der Waals surface area contributed by atoms with Gasteiger partial charge in [-0.05, 0) is 7.05 Å². The number of ether oxygens (including phenoxy) is 1. The van der Waals surface area contributed by atoms with Crippen LogP contribution in [-0.4, -0.2) is 66.1 Å². The summed E-state index contributed by atoms with van der Waals surface area (Å²) >= 11 is 0. The summed E-state index contributed by atoms with van der Waals surface area (Å²) in [5.41, 5.74) is 5.47. The van der Waals surface area contributed by atoms with Crippen molar-refractivity contribution < 1.29 is 4.74 Å². The summed E-state index contributed by atoms with van der Waals surface area (Å²) in [6.07, 6.45) is 1.60. The van der Waals surface area contributed by atoms with Crippen molar-refractivity contribution in [3.8, 4) is 5.88 Å². The zero-order valence-electron chi connectivity index (χ0n) is 10.2. The van der Waals surface area contributed by atoms with Crippen LogP contribution in [0.3, 0.4) is 0 Å². The molecule has 1 aliphatic heterocycles. The third kappa shape index (κ3) is 3.83. The first-order chi connectivity index (χ1) is 8.24. The molecule has 0 aliphatic carbocycles. The molecule has 6 nitrogen and oxygen atoms in total. The summed E-state index contributed by atoms with van der Waals surface area (Å²) < 4.78 is 5.53. The van der Waals surface area contributed by atoms with Crippen LogP contribution < -0.4 is 10.5 Å². The predicted molar refractivity (Wildman–Crippen MR) is 65.9 cm³/mol. The molecule has 1 aromatic heterocycles. The molecule has 2 N–H and O–H groups in total. The summed E-state index contributed by atoms with van der Waals surface area (Å²) in [6.45, 7) is 6.02. The number of rotatable bonds is 4. The summed E-state index contributed by atoms with van der Waals surface area (Å²) in [7, 11) is 2.15. The summed E-state index contributed by atoms with van der Waals surface area (Å²) in [5, 5.41) is 0. The summed E-state index contributed by atoms with van der Waals surface area (Å²) in [4.78, 5) is 12.5. The average molecular weight is 237 g/mol. The zero-order valence-corrected chi connectivity index (χ0v) is 10.2. The molecule has 17 heavy (non-hydrogen) atoms. The minimum atomic E-state index is 0.252.